The smallest absolute Gasteiger partial charge is 0.427 e. The fourth-order valence-corrected chi connectivity index (χ4v) is 5.27. The summed E-state index contributed by atoms with van der Waals surface area (Å²) in [7, 11) is -4.36. The Hall–Kier alpha value is -3.20. The van der Waals surface area contributed by atoms with Crippen LogP contribution in [-0.4, -0.2) is 59.8 Å². The van der Waals surface area contributed by atoms with E-state index < -0.39 is 40.0 Å². The number of aromatic nitrogens is 2. The molecular formula is C21H24ClF3N4O7S. The number of hydrogen-bond donors (Lipinski definition) is 2. The van der Waals surface area contributed by atoms with E-state index in [2.05, 4.69) is 15.2 Å². The summed E-state index contributed by atoms with van der Waals surface area (Å²) in [6.07, 6.45) is -6.15. The first-order valence-electron chi connectivity index (χ1n) is 10.9. The molecule has 0 saturated heterocycles. The highest BCUT2D eigenvalue weighted by Crippen LogP contribution is 2.41. The van der Waals surface area contributed by atoms with Crippen molar-refractivity contribution in [3.05, 3.63) is 29.5 Å². The number of hydrogen-bond acceptors (Lipinski definition) is 7. The number of carboxylic acid groups (broad SMARTS) is 1. The van der Waals surface area contributed by atoms with E-state index in [4.69, 9.17) is 21.4 Å². The lowest BCUT2D eigenvalue weighted by Crippen LogP contribution is -2.44. The molecule has 37 heavy (non-hydrogen) atoms. The molecule has 0 aliphatic carbocycles. The van der Waals surface area contributed by atoms with E-state index in [-0.39, 0.29) is 46.6 Å². The number of rotatable bonds is 8. The van der Waals surface area contributed by atoms with Crippen LogP contribution in [0.5, 0.6) is 5.75 Å². The topological polar surface area (TPSA) is 140 Å². The maximum absolute atomic E-state index is 13.6. The van der Waals surface area contributed by atoms with E-state index in [0.29, 0.717) is 20.4 Å². The SMILES string of the molecule is CCn1cc(S(=O)(=O)N2CC(CCC(=O)O)Oc3ccc(NC(=O)OC(C)(C)C(F)(F)F)cc32)c(Cl)n1. The van der Waals surface area contributed by atoms with Crippen LogP contribution < -0.4 is 14.4 Å². The third-order valence-corrected chi connectivity index (χ3v) is 7.60. The minimum absolute atomic E-state index is 0.0123. The molecule has 1 aliphatic heterocycles. The molecule has 16 heteroatoms. The van der Waals surface area contributed by atoms with Gasteiger partial charge >= 0.3 is 18.2 Å². The number of aryl methyl sites for hydroxylation is 1. The number of benzene rings is 1. The molecule has 3 rings (SSSR count). The molecule has 2 aromatic rings. The number of nitrogens with one attached hydrogen (secondary N) is 1. The quantitative estimate of drug-likeness (QED) is 0.481. The Bertz CT molecular complexity index is 1300. The Balaban J connectivity index is 1.98. The summed E-state index contributed by atoms with van der Waals surface area (Å²) in [5.41, 5.74) is -2.92. The van der Waals surface area contributed by atoms with Gasteiger partial charge in [0.05, 0.1) is 12.2 Å². The minimum atomic E-state index is -4.83. The molecule has 1 amide bonds. The zero-order valence-electron chi connectivity index (χ0n) is 19.9. The van der Waals surface area contributed by atoms with Crippen LogP contribution in [0.4, 0.5) is 29.3 Å². The minimum Gasteiger partial charge on any atom is -0.486 e. The van der Waals surface area contributed by atoms with E-state index in [1.54, 1.807) is 6.92 Å². The van der Waals surface area contributed by atoms with Crippen molar-refractivity contribution in [1.29, 1.82) is 0 Å². The number of amides is 1. The first-order valence-corrected chi connectivity index (χ1v) is 12.7. The van der Waals surface area contributed by atoms with Gasteiger partial charge in [-0.2, -0.15) is 18.3 Å². The molecule has 204 valence electrons. The van der Waals surface area contributed by atoms with Crippen molar-refractivity contribution in [2.24, 2.45) is 0 Å². The number of carboxylic acids is 1. The average molecular weight is 569 g/mol. The van der Waals surface area contributed by atoms with Gasteiger partial charge in [-0.05, 0) is 45.4 Å². The molecule has 1 aliphatic rings. The highest BCUT2D eigenvalue weighted by Gasteiger charge is 2.51. The zero-order chi connectivity index (χ0) is 27.8. The molecule has 0 radical (unpaired) electrons. The molecule has 0 fully saturated rings. The third kappa shape index (κ3) is 6.21. The van der Waals surface area contributed by atoms with Crippen molar-refractivity contribution in [1.82, 2.24) is 9.78 Å². The summed E-state index contributed by atoms with van der Waals surface area (Å²) in [5.74, 6) is -1.06. The highest BCUT2D eigenvalue weighted by atomic mass is 35.5. The van der Waals surface area contributed by atoms with Gasteiger partial charge in [0.15, 0.2) is 5.15 Å². The fourth-order valence-electron chi connectivity index (χ4n) is 3.32. The van der Waals surface area contributed by atoms with Gasteiger partial charge in [0.2, 0.25) is 5.60 Å². The average Bonchev–Trinajstić information content (AvgIpc) is 3.17. The Kier molecular flexibility index (Phi) is 7.88. The first-order chi connectivity index (χ1) is 17.0. The van der Waals surface area contributed by atoms with Crippen molar-refractivity contribution < 1.29 is 45.8 Å². The molecule has 1 aromatic carbocycles. The lowest BCUT2D eigenvalue weighted by atomic mass is 10.1. The summed E-state index contributed by atoms with van der Waals surface area (Å²) >= 11 is 6.08. The lowest BCUT2D eigenvalue weighted by molar-refractivity contribution is -0.242. The van der Waals surface area contributed by atoms with Gasteiger partial charge in [-0.15, -0.1) is 0 Å². The van der Waals surface area contributed by atoms with Gasteiger partial charge in [-0.1, -0.05) is 11.6 Å². The van der Waals surface area contributed by atoms with Gasteiger partial charge in [0.25, 0.3) is 10.0 Å². The van der Waals surface area contributed by atoms with E-state index in [9.17, 15) is 31.2 Å². The van der Waals surface area contributed by atoms with Crippen molar-refractivity contribution in [2.45, 2.75) is 62.9 Å². The van der Waals surface area contributed by atoms with Crippen LogP contribution in [0, 0.1) is 0 Å². The number of halogens is 4. The number of aliphatic carboxylic acids is 1. The molecule has 11 nitrogen and oxygen atoms in total. The normalized spacial score (nSPS) is 16.1. The second-order valence-corrected chi connectivity index (χ2v) is 10.7. The summed E-state index contributed by atoms with van der Waals surface area (Å²) in [6, 6.07) is 3.75. The van der Waals surface area contributed by atoms with Crippen molar-refractivity contribution in [3.63, 3.8) is 0 Å². The van der Waals surface area contributed by atoms with Gasteiger partial charge in [-0.3, -0.25) is 19.1 Å². The number of nitrogens with zero attached hydrogens (tertiary/aromatic N) is 3. The number of alkyl halides is 3. The van der Waals surface area contributed by atoms with Gasteiger partial charge in [-0.25, -0.2) is 13.2 Å². The molecule has 1 aromatic heterocycles. The summed E-state index contributed by atoms with van der Waals surface area (Å²) in [4.78, 5) is 22.9. The van der Waals surface area contributed by atoms with Crippen molar-refractivity contribution >= 4 is 45.1 Å². The van der Waals surface area contributed by atoms with E-state index in [0.717, 1.165) is 4.31 Å². The van der Waals surface area contributed by atoms with Crippen molar-refractivity contribution in [2.75, 3.05) is 16.2 Å². The number of fused-ring (bicyclic) bond motifs is 1. The predicted molar refractivity (Wildman–Crippen MR) is 125 cm³/mol. The van der Waals surface area contributed by atoms with Gasteiger partial charge in [0, 0.05) is 24.8 Å². The second-order valence-electron chi connectivity index (χ2n) is 8.55. The van der Waals surface area contributed by atoms with Crippen LogP contribution in [0.1, 0.15) is 33.6 Å². The standard InChI is InChI=1S/C21H24ClF3N4O7S/c1-4-28-11-16(18(22)27-28)37(33,34)29-10-13(6-8-17(30)31)35-15-7-5-12(9-14(15)29)26-19(32)36-20(2,3)21(23,24)25/h5,7,9,11,13H,4,6,8,10H2,1-3H3,(H,26,32)(H,30,31). The van der Waals surface area contributed by atoms with E-state index in [1.165, 1.54) is 29.1 Å². The van der Waals surface area contributed by atoms with Crippen LogP contribution >= 0.6 is 11.6 Å². The van der Waals surface area contributed by atoms with E-state index >= 15 is 0 Å². The summed E-state index contributed by atoms with van der Waals surface area (Å²) < 4.78 is 78.9. The molecule has 0 saturated carbocycles. The second kappa shape index (κ2) is 10.3. The van der Waals surface area contributed by atoms with Crippen LogP contribution in [0.2, 0.25) is 5.15 Å². The number of ether oxygens (including phenoxy) is 2. The summed E-state index contributed by atoms with van der Waals surface area (Å²) in [6.45, 7) is 3.12. The first kappa shape index (κ1) is 28.4. The molecular weight excluding hydrogens is 545 g/mol. The zero-order valence-corrected chi connectivity index (χ0v) is 21.4. The third-order valence-electron chi connectivity index (χ3n) is 5.43. The predicted octanol–water partition coefficient (Wildman–Crippen LogP) is 4.27. The summed E-state index contributed by atoms with van der Waals surface area (Å²) in [5, 5.41) is 14.8. The van der Waals surface area contributed by atoms with Crippen LogP contribution in [-0.2, 0) is 26.1 Å². The lowest BCUT2D eigenvalue weighted by Gasteiger charge is -2.35. The monoisotopic (exact) mass is 568 g/mol. The van der Waals surface area contributed by atoms with Crippen LogP contribution in [0.25, 0.3) is 0 Å². The number of carbonyl (C=O) groups is 2. The molecule has 2 N–H and O–H groups in total. The fraction of sp³-hybridized carbons (Fsp3) is 0.476. The molecule has 1 unspecified atom stereocenters. The maximum Gasteiger partial charge on any atom is 0.427 e. The van der Waals surface area contributed by atoms with Crippen LogP contribution in [0.3, 0.4) is 0 Å². The number of sulfonamides is 1. The maximum atomic E-state index is 13.6. The van der Waals surface area contributed by atoms with Gasteiger partial charge < -0.3 is 14.6 Å². The molecule has 0 bridgehead atoms. The van der Waals surface area contributed by atoms with E-state index in [1.807, 2.05) is 0 Å². The molecule has 0 spiro atoms. The van der Waals surface area contributed by atoms with Crippen LogP contribution in [0.15, 0.2) is 29.3 Å². The molecule has 2 heterocycles. The Morgan fingerprint density at radius 2 is 2.00 bits per heavy atom. The molecule has 1 atom stereocenters. The number of anilines is 2. The highest BCUT2D eigenvalue weighted by molar-refractivity contribution is 7.93. The Morgan fingerprint density at radius 1 is 1.32 bits per heavy atom. The number of carbonyl (C=O) groups excluding carboxylic acids is 1. The van der Waals surface area contributed by atoms with Crippen molar-refractivity contribution in [3.8, 4) is 5.75 Å². The van der Waals surface area contributed by atoms with Gasteiger partial charge in [0.1, 0.15) is 16.7 Å². The Morgan fingerprint density at radius 3 is 2.57 bits per heavy atom. The largest absolute Gasteiger partial charge is 0.486 e. The Labute approximate surface area is 215 Å².